The number of aryl methyl sites for hydroxylation is 1. The van der Waals surface area contributed by atoms with Crippen LogP contribution in [0.4, 0.5) is 5.13 Å². The van der Waals surface area contributed by atoms with Crippen LogP contribution in [0.3, 0.4) is 0 Å². The molecule has 0 radical (unpaired) electrons. The summed E-state index contributed by atoms with van der Waals surface area (Å²) >= 11 is 0.829. The van der Waals surface area contributed by atoms with Gasteiger partial charge in [-0.15, -0.1) is 10.2 Å². The highest BCUT2D eigenvalue weighted by atomic mass is 32.2. The van der Waals surface area contributed by atoms with Crippen LogP contribution in [0.15, 0.2) is 22.5 Å². The van der Waals surface area contributed by atoms with Crippen molar-refractivity contribution >= 4 is 32.2 Å². The molecule has 142 valence electrons. The first-order chi connectivity index (χ1) is 12.1. The van der Waals surface area contributed by atoms with E-state index in [2.05, 4.69) is 29.4 Å². The van der Waals surface area contributed by atoms with E-state index in [9.17, 15) is 13.2 Å². The van der Waals surface area contributed by atoms with Gasteiger partial charge in [-0.05, 0) is 37.0 Å². The van der Waals surface area contributed by atoms with Gasteiger partial charge in [0, 0.05) is 0 Å². The van der Waals surface area contributed by atoms with Gasteiger partial charge in [-0.2, -0.15) is 0 Å². The maximum Gasteiger partial charge on any atom is 0.266 e. The van der Waals surface area contributed by atoms with E-state index in [-0.39, 0.29) is 21.1 Å². The normalized spacial score (nSPS) is 12.8. The van der Waals surface area contributed by atoms with E-state index in [1.54, 1.807) is 6.92 Å². The third kappa shape index (κ3) is 4.79. The third-order valence-electron chi connectivity index (χ3n) is 3.75. The molecule has 0 aliphatic rings. The summed E-state index contributed by atoms with van der Waals surface area (Å²) in [7, 11) is -3.44. The van der Waals surface area contributed by atoms with Gasteiger partial charge in [-0.25, -0.2) is 8.42 Å². The average molecular weight is 398 g/mol. The second-order valence-corrected chi connectivity index (χ2v) is 9.65. The van der Waals surface area contributed by atoms with Gasteiger partial charge in [0.05, 0.1) is 5.75 Å². The van der Waals surface area contributed by atoms with Gasteiger partial charge < -0.3 is 4.74 Å². The van der Waals surface area contributed by atoms with Crippen molar-refractivity contribution in [3.63, 3.8) is 0 Å². The number of ether oxygens (including phenoxy) is 1. The summed E-state index contributed by atoms with van der Waals surface area (Å²) in [6, 6.07) is 5.90. The van der Waals surface area contributed by atoms with E-state index in [4.69, 9.17) is 4.74 Å². The summed E-state index contributed by atoms with van der Waals surface area (Å²) in [5.41, 5.74) is 2.05. The molecule has 9 heteroatoms. The number of carbonyl (C=O) groups excluding carboxylic acids is 1. The van der Waals surface area contributed by atoms with Crippen LogP contribution in [0.5, 0.6) is 5.75 Å². The molecule has 0 aliphatic heterocycles. The van der Waals surface area contributed by atoms with Gasteiger partial charge in [0.2, 0.25) is 19.3 Å². The zero-order valence-corrected chi connectivity index (χ0v) is 17.1. The standard InChI is InChI=1S/C17H23N3O4S2/c1-6-26(22,23)17-20-19-16(25-17)18-15(21)12(5)24-14-9-11(4)7-8-13(14)10(2)3/h7-10,12H,6H2,1-5H3,(H,18,19,21)/t12-/m0/s1. The highest BCUT2D eigenvalue weighted by molar-refractivity contribution is 7.93. The van der Waals surface area contributed by atoms with Gasteiger partial charge in [-0.3, -0.25) is 10.1 Å². The minimum atomic E-state index is -3.44. The lowest BCUT2D eigenvalue weighted by molar-refractivity contribution is -0.122. The number of amides is 1. The summed E-state index contributed by atoms with van der Waals surface area (Å²) in [6.45, 7) is 9.22. The molecule has 0 spiro atoms. The zero-order valence-electron chi connectivity index (χ0n) is 15.4. The average Bonchev–Trinajstić information content (AvgIpc) is 3.03. The first-order valence-corrected chi connectivity index (χ1v) is 10.7. The zero-order chi connectivity index (χ0) is 19.5. The summed E-state index contributed by atoms with van der Waals surface area (Å²) in [4.78, 5) is 12.4. The summed E-state index contributed by atoms with van der Waals surface area (Å²) < 4.78 is 29.3. The number of rotatable bonds is 7. The SMILES string of the molecule is CCS(=O)(=O)c1nnc(NC(=O)[C@H](C)Oc2cc(C)ccc2C(C)C)s1. The number of aromatic nitrogens is 2. The van der Waals surface area contributed by atoms with E-state index >= 15 is 0 Å². The molecule has 26 heavy (non-hydrogen) atoms. The number of anilines is 1. The van der Waals surface area contributed by atoms with Crippen LogP contribution >= 0.6 is 11.3 Å². The molecule has 0 bridgehead atoms. The molecular formula is C17H23N3O4S2. The Kier molecular flexibility index (Phi) is 6.35. The van der Waals surface area contributed by atoms with Crippen molar-refractivity contribution in [1.82, 2.24) is 10.2 Å². The molecule has 0 saturated carbocycles. The summed E-state index contributed by atoms with van der Waals surface area (Å²) in [6.07, 6.45) is -0.774. The number of hydrogen-bond acceptors (Lipinski definition) is 7. The van der Waals surface area contributed by atoms with Crippen molar-refractivity contribution in [2.75, 3.05) is 11.1 Å². The molecule has 2 rings (SSSR count). The Balaban J connectivity index is 2.11. The van der Waals surface area contributed by atoms with Gasteiger partial charge in [-0.1, -0.05) is 44.2 Å². The monoisotopic (exact) mass is 397 g/mol. The largest absolute Gasteiger partial charge is 0.481 e. The number of nitrogens with one attached hydrogen (secondary N) is 1. The minimum Gasteiger partial charge on any atom is -0.481 e. The summed E-state index contributed by atoms with van der Waals surface area (Å²) in [5.74, 6) is 0.429. The third-order valence-corrected chi connectivity index (χ3v) is 6.77. The number of nitrogens with zero attached hydrogens (tertiary/aromatic N) is 2. The Morgan fingerprint density at radius 1 is 1.27 bits per heavy atom. The Morgan fingerprint density at radius 2 is 1.96 bits per heavy atom. The molecule has 0 fully saturated rings. The lowest BCUT2D eigenvalue weighted by Gasteiger charge is -2.18. The topological polar surface area (TPSA) is 98.3 Å². The first kappa shape index (κ1) is 20.3. The first-order valence-electron chi connectivity index (χ1n) is 8.28. The quantitative estimate of drug-likeness (QED) is 0.721. The van der Waals surface area contributed by atoms with Crippen molar-refractivity contribution in [3.05, 3.63) is 29.3 Å². The Labute approximate surface area is 157 Å². The molecule has 1 heterocycles. The fourth-order valence-electron chi connectivity index (χ4n) is 2.18. The second-order valence-electron chi connectivity index (χ2n) is 6.22. The van der Waals surface area contributed by atoms with Crippen molar-refractivity contribution in [2.24, 2.45) is 0 Å². The van der Waals surface area contributed by atoms with Crippen LogP contribution in [0.25, 0.3) is 0 Å². The second kappa shape index (κ2) is 8.13. The fraction of sp³-hybridized carbons (Fsp3) is 0.471. The minimum absolute atomic E-state index is 0.0690. The van der Waals surface area contributed by atoms with Crippen molar-refractivity contribution < 1.29 is 17.9 Å². The maximum absolute atomic E-state index is 12.4. The molecule has 1 aromatic carbocycles. The number of hydrogen-bond donors (Lipinski definition) is 1. The predicted octanol–water partition coefficient (Wildman–Crippen LogP) is 3.17. The van der Waals surface area contributed by atoms with Crippen molar-refractivity contribution in [3.8, 4) is 5.75 Å². The Morgan fingerprint density at radius 3 is 2.58 bits per heavy atom. The van der Waals surface area contributed by atoms with Crippen LogP contribution in [0.2, 0.25) is 0 Å². The molecule has 7 nitrogen and oxygen atoms in total. The van der Waals surface area contributed by atoms with Crippen LogP contribution in [0, 0.1) is 6.92 Å². The van der Waals surface area contributed by atoms with E-state index in [1.165, 1.54) is 6.92 Å². The van der Waals surface area contributed by atoms with Gasteiger partial charge >= 0.3 is 0 Å². The predicted molar refractivity (Wildman–Crippen MR) is 102 cm³/mol. The molecule has 1 amide bonds. The Hall–Kier alpha value is -2.00. The Bertz CT molecular complexity index is 891. The van der Waals surface area contributed by atoms with Gasteiger partial charge in [0.1, 0.15) is 5.75 Å². The lowest BCUT2D eigenvalue weighted by Crippen LogP contribution is -2.30. The number of carbonyl (C=O) groups is 1. The highest BCUT2D eigenvalue weighted by Crippen LogP contribution is 2.28. The molecule has 1 aromatic heterocycles. The highest BCUT2D eigenvalue weighted by Gasteiger charge is 2.22. The number of benzene rings is 1. The van der Waals surface area contributed by atoms with Crippen LogP contribution in [-0.4, -0.2) is 36.4 Å². The van der Waals surface area contributed by atoms with E-state index < -0.39 is 21.8 Å². The van der Waals surface area contributed by atoms with Gasteiger partial charge in [0.15, 0.2) is 6.10 Å². The smallest absolute Gasteiger partial charge is 0.266 e. The van der Waals surface area contributed by atoms with Crippen LogP contribution < -0.4 is 10.1 Å². The lowest BCUT2D eigenvalue weighted by atomic mass is 10.0. The van der Waals surface area contributed by atoms with E-state index in [0.717, 1.165) is 22.5 Å². The molecule has 1 N–H and O–H groups in total. The molecule has 0 aliphatic carbocycles. The molecule has 0 unspecified atom stereocenters. The van der Waals surface area contributed by atoms with Gasteiger partial charge in [0.25, 0.3) is 5.91 Å². The fourth-order valence-corrected chi connectivity index (χ4v) is 4.17. The molecule has 0 saturated heterocycles. The molecular weight excluding hydrogens is 374 g/mol. The van der Waals surface area contributed by atoms with Crippen molar-refractivity contribution in [1.29, 1.82) is 0 Å². The maximum atomic E-state index is 12.4. The molecule has 1 atom stereocenters. The van der Waals surface area contributed by atoms with Crippen LogP contribution in [0.1, 0.15) is 44.7 Å². The van der Waals surface area contributed by atoms with E-state index in [0.29, 0.717) is 5.75 Å². The summed E-state index contributed by atoms with van der Waals surface area (Å²) in [5, 5.41) is 10.0. The molecule has 2 aromatic rings. The number of sulfone groups is 1. The van der Waals surface area contributed by atoms with Crippen molar-refractivity contribution in [2.45, 2.75) is 51.0 Å². The van der Waals surface area contributed by atoms with Crippen LogP contribution in [-0.2, 0) is 14.6 Å². The van der Waals surface area contributed by atoms with E-state index in [1.807, 2.05) is 25.1 Å².